The summed E-state index contributed by atoms with van der Waals surface area (Å²) in [5.41, 5.74) is 0. The summed E-state index contributed by atoms with van der Waals surface area (Å²) in [6, 6.07) is 9.80. The fourth-order valence-corrected chi connectivity index (χ4v) is 0.888. The third kappa shape index (κ3) is 32.7. The summed E-state index contributed by atoms with van der Waals surface area (Å²) in [6.45, 7) is 11.2. The summed E-state index contributed by atoms with van der Waals surface area (Å²) in [6.07, 6.45) is -1.12. The van der Waals surface area contributed by atoms with Crippen LogP contribution in [0.5, 0.6) is 5.75 Å². The van der Waals surface area contributed by atoms with Gasteiger partial charge in [0.05, 0.1) is 32.0 Å². The van der Waals surface area contributed by atoms with Crippen LogP contribution in [0.3, 0.4) is 0 Å². The van der Waals surface area contributed by atoms with E-state index in [0.29, 0.717) is 0 Å². The number of hydrogen-bond acceptors (Lipinski definition) is 6. The molecule has 144 valence electrons. The summed E-state index contributed by atoms with van der Waals surface area (Å²) in [4.78, 5) is 0. The molecule has 0 amide bonds. The van der Waals surface area contributed by atoms with Crippen LogP contribution in [0.25, 0.3) is 0 Å². The summed E-state index contributed by atoms with van der Waals surface area (Å²) in [5.74, 6) is 0.944. The number of hydrogen-bond donors (Lipinski definition) is 4. The zero-order valence-electron chi connectivity index (χ0n) is 15.7. The molecule has 0 aliphatic heterocycles. The van der Waals surface area contributed by atoms with Crippen LogP contribution in [0, 0.1) is 0 Å². The Morgan fingerprint density at radius 2 is 1.17 bits per heavy atom. The van der Waals surface area contributed by atoms with E-state index in [1.807, 2.05) is 51.1 Å². The molecule has 0 bridgehead atoms. The molecule has 6 nitrogen and oxygen atoms in total. The summed E-state index contributed by atoms with van der Waals surface area (Å²) < 4.78 is 10.0. The standard InChI is InChI=1S/C8H10O.C4H10O.2C3H8O2/c1-2-9-8-6-4-3-5-7-8;1-3-5-4-2;2*1-3(5)2-4/h3-7H,2H2,1H3;3-4H2,1-2H3;2*3-5H,2H2,1H3. The Morgan fingerprint density at radius 1 is 0.792 bits per heavy atom. The highest BCUT2D eigenvalue weighted by Gasteiger charge is 1.84. The molecular formula is C18H36O6. The molecule has 0 spiro atoms. The molecule has 0 saturated carbocycles. The lowest BCUT2D eigenvalue weighted by molar-refractivity contribution is 0.110. The Morgan fingerprint density at radius 3 is 1.38 bits per heavy atom. The van der Waals surface area contributed by atoms with Crippen molar-refractivity contribution >= 4 is 0 Å². The lowest BCUT2D eigenvalue weighted by Crippen LogP contribution is -2.03. The van der Waals surface area contributed by atoms with Gasteiger partial charge < -0.3 is 29.9 Å². The van der Waals surface area contributed by atoms with Crippen LogP contribution in [0.15, 0.2) is 30.3 Å². The molecule has 24 heavy (non-hydrogen) atoms. The van der Waals surface area contributed by atoms with Crippen molar-refractivity contribution in [3.63, 3.8) is 0 Å². The largest absolute Gasteiger partial charge is 0.494 e. The second-order valence-electron chi connectivity index (χ2n) is 4.59. The highest BCUT2D eigenvalue weighted by atomic mass is 16.5. The molecule has 1 aromatic carbocycles. The Hall–Kier alpha value is -1.18. The van der Waals surface area contributed by atoms with Crippen molar-refractivity contribution in [1.29, 1.82) is 0 Å². The maximum absolute atomic E-state index is 8.11. The number of aliphatic hydroxyl groups is 4. The zero-order chi connectivity index (χ0) is 19.2. The highest BCUT2D eigenvalue weighted by molar-refractivity contribution is 5.20. The van der Waals surface area contributed by atoms with Crippen LogP contribution >= 0.6 is 0 Å². The minimum absolute atomic E-state index is 0.139. The number of benzene rings is 1. The topological polar surface area (TPSA) is 99.4 Å². The molecule has 0 radical (unpaired) electrons. The van der Waals surface area contributed by atoms with Crippen molar-refractivity contribution in [3.05, 3.63) is 30.3 Å². The first kappa shape index (κ1) is 27.7. The maximum atomic E-state index is 8.11. The number of rotatable bonds is 6. The average Bonchev–Trinajstić information content (AvgIpc) is 2.58. The van der Waals surface area contributed by atoms with Crippen LogP contribution in [-0.2, 0) is 4.74 Å². The first-order chi connectivity index (χ1) is 11.4. The third-order valence-electron chi connectivity index (χ3n) is 1.99. The van der Waals surface area contributed by atoms with Gasteiger partial charge in [-0.15, -0.1) is 0 Å². The fourth-order valence-electron chi connectivity index (χ4n) is 0.888. The van der Waals surface area contributed by atoms with E-state index in [2.05, 4.69) is 0 Å². The average molecular weight is 348 g/mol. The Bertz CT molecular complexity index is 294. The molecule has 4 N–H and O–H groups in total. The zero-order valence-corrected chi connectivity index (χ0v) is 15.7. The van der Waals surface area contributed by atoms with Gasteiger partial charge in [-0.2, -0.15) is 0 Å². The van der Waals surface area contributed by atoms with Gasteiger partial charge >= 0.3 is 0 Å². The van der Waals surface area contributed by atoms with E-state index in [1.54, 1.807) is 0 Å². The molecular weight excluding hydrogens is 312 g/mol. The Kier molecular flexibility index (Phi) is 27.7. The van der Waals surface area contributed by atoms with Crippen LogP contribution < -0.4 is 4.74 Å². The van der Waals surface area contributed by atoms with Gasteiger partial charge in [-0.25, -0.2) is 0 Å². The van der Waals surface area contributed by atoms with Gasteiger partial charge in [-0.3, -0.25) is 0 Å². The lowest BCUT2D eigenvalue weighted by Gasteiger charge is -1.99. The smallest absolute Gasteiger partial charge is 0.119 e. The number of para-hydroxylation sites is 1. The van der Waals surface area contributed by atoms with Crippen LogP contribution in [0.1, 0.15) is 34.6 Å². The minimum Gasteiger partial charge on any atom is -0.494 e. The van der Waals surface area contributed by atoms with E-state index < -0.39 is 12.2 Å². The molecule has 0 aliphatic carbocycles. The van der Waals surface area contributed by atoms with Gasteiger partial charge in [-0.1, -0.05) is 18.2 Å². The van der Waals surface area contributed by atoms with Crippen LogP contribution in [0.4, 0.5) is 0 Å². The monoisotopic (exact) mass is 348 g/mol. The van der Waals surface area contributed by atoms with E-state index in [9.17, 15) is 0 Å². The van der Waals surface area contributed by atoms with Crippen molar-refractivity contribution in [2.75, 3.05) is 33.0 Å². The van der Waals surface area contributed by atoms with Crippen molar-refractivity contribution in [3.8, 4) is 5.75 Å². The van der Waals surface area contributed by atoms with Gasteiger partial charge in [0.25, 0.3) is 0 Å². The summed E-state index contributed by atoms with van der Waals surface area (Å²) in [5, 5.41) is 32.0. The van der Waals surface area contributed by atoms with Crippen molar-refractivity contribution in [2.24, 2.45) is 0 Å². The molecule has 0 heterocycles. The van der Waals surface area contributed by atoms with Crippen LogP contribution in [0.2, 0.25) is 0 Å². The molecule has 0 aliphatic rings. The Labute approximate surface area is 146 Å². The highest BCUT2D eigenvalue weighted by Crippen LogP contribution is 2.06. The van der Waals surface area contributed by atoms with Crippen molar-refractivity contribution < 1.29 is 29.9 Å². The van der Waals surface area contributed by atoms with Gasteiger partial charge in [-0.05, 0) is 46.8 Å². The van der Waals surface area contributed by atoms with Crippen LogP contribution in [-0.4, -0.2) is 65.7 Å². The Balaban J connectivity index is -0.000000259. The molecule has 1 rings (SSSR count). The molecule has 0 saturated heterocycles. The first-order valence-electron chi connectivity index (χ1n) is 8.22. The van der Waals surface area contributed by atoms with Gasteiger partial charge in [0.15, 0.2) is 0 Å². The molecule has 2 atom stereocenters. The predicted octanol–water partition coefficient (Wildman–Crippen LogP) is 1.85. The SMILES string of the molecule is CC(O)CO.CC(O)CO.CCOCC.CCOc1ccccc1. The van der Waals surface area contributed by atoms with E-state index in [-0.39, 0.29) is 13.2 Å². The van der Waals surface area contributed by atoms with Gasteiger partial charge in [0.1, 0.15) is 5.75 Å². The molecule has 6 heteroatoms. The summed E-state index contributed by atoms with van der Waals surface area (Å²) >= 11 is 0. The second-order valence-corrected chi connectivity index (χ2v) is 4.59. The molecule has 0 aromatic heterocycles. The fraction of sp³-hybridized carbons (Fsp3) is 0.667. The first-order valence-corrected chi connectivity index (χ1v) is 8.22. The molecule has 0 fully saturated rings. The summed E-state index contributed by atoms with van der Waals surface area (Å²) in [7, 11) is 0. The second kappa shape index (κ2) is 24.1. The normalized spacial score (nSPS) is 11.4. The maximum Gasteiger partial charge on any atom is 0.119 e. The van der Waals surface area contributed by atoms with Gasteiger partial charge in [0.2, 0.25) is 0 Å². The van der Waals surface area contributed by atoms with Crippen molar-refractivity contribution in [2.45, 2.75) is 46.8 Å². The number of ether oxygens (including phenoxy) is 2. The number of aliphatic hydroxyl groups excluding tert-OH is 4. The van der Waals surface area contributed by atoms with E-state index in [1.165, 1.54) is 13.8 Å². The molecule has 2 unspecified atom stereocenters. The molecule has 1 aromatic rings. The van der Waals surface area contributed by atoms with E-state index in [4.69, 9.17) is 29.9 Å². The third-order valence-corrected chi connectivity index (χ3v) is 1.99. The van der Waals surface area contributed by atoms with E-state index in [0.717, 1.165) is 25.6 Å². The minimum atomic E-state index is -0.560. The van der Waals surface area contributed by atoms with E-state index >= 15 is 0 Å². The quantitative estimate of drug-likeness (QED) is 0.626. The van der Waals surface area contributed by atoms with Crippen molar-refractivity contribution in [1.82, 2.24) is 0 Å². The lowest BCUT2D eigenvalue weighted by atomic mass is 10.3. The predicted molar refractivity (Wildman–Crippen MR) is 97.3 cm³/mol. The van der Waals surface area contributed by atoms with Gasteiger partial charge in [0, 0.05) is 13.2 Å².